The molecule has 0 aliphatic rings. The number of fused-ring (bicyclic) bond motifs is 1. The average Bonchev–Trinajstić information content (AvgIpc) is 2.65. The minimum Gasteiger partial charge on any atom is -0.455 e. The first-order chi connectivity index (χ1) is 12.5. The highest BCUT2D eigenvalue weighted by Crippen LogP contribution is 2.27. The van der Waals surface area contributed by atoms with E-state index in [0.29, 0.717) is 34.5 Å². The van der Waals surface area contributed by atoms with Gasteiger partial charge in [0, 0.05) is 24.3 Å². The van der Waals surface area contributed by atoms with E-state index in [1.807, 2.05) is 37.3 Å². The van der Waals surface area contributed by atoms with Gasteiger partial charge in [-0.1, -0.05) is 36.4 Å². The van der Waals surface area contributed by atoms with Gasteiger partial charge in [-0.3, -0.25) is 9.59 Å². The number of carbonyl (C=O) groups excluding carboxylic acids is 1. The fourth-order valence-electron chi connectivity index (χ4n) is 2.95. The van der Waals surface area contributed by atoms with Crippen molar-refractivity contribution in [2.45, 2.75) is 19.9 Å². The first-order valence-electron chi connectivity index (χ1n) is 8.44. The van der Waals surface area contributed by atoms with E-state index in [2.05, 4.69) is 5.32 Å². The second-order valence-electron chi connectivity index (χ2n) is 6.26. The Kier molecular flexibility index (Phi) is 5.19. The number of rotatable bonds is 5. The summed E-state index contributed by atoms with van der Waals surface area (Å²) in [5, 5.41) is 3.25. The molecular weight excluding hydrogens is 330 g/mol. The highest BCUT2D eigenvalue weighted by atomic mass is 16.5. The van der Waals surface area contributed by atoms with E-state index in [1.54, 1.807) is 32.2 Å². The summed E-state index contributed by atoms with van der Waals surface area (Å²) in [4.78, 5) is 25.5. The molecule has 0 spiro atoms. The SMILES string of the molecule is COC[C@H](C)NC(=O)c1cccc2c(=O)c(C)c(-c3ccccc3)oc12. The summed E-state index contributed by atoms with van der Waals surface area (Å²) in [5.41, 5.74) is 1.81. The van der Waals surface area contributed by atoms with Crippen LogP contribution in [0.3, 0.4) is 0 Å². The van der Waals surface area contributed by atoms with Crippen molar-refractivity contribution in [3.8, 4) is 11.3 Å². The van der Waals surface area contributed by atoms with E-state index >= 15 is 0 Å². The van der Waals surface area contributed by atoms with E-state index < -0.39 is 0 Å². The first-order valence-corrected chi connectivity index (χ1v) is 8.44. The maximum atomic E-state index is 12.8. The summed E-state index contributed by atoms with van der Waals surface area (Å²) in [5.74, 6) is 0.180. The quantitative estimate of drug-likeness (QED) is 0.763. The van der Waals surface area contributed by atoms with E-state index in [0.717, 1.165) is 5.56 Å². The van der Waals surface area contributed by atoms with E-state index in [-0.39, 0.29) is 17.4 Å². The van der Waals surface area contributed by atoms with Gasteiger partial charge in [0.25, 0.3) is 5.91 Å². The normalized spacial score (nSPS) is 12.1. The molecule has 1 aromatic heterocycles. The van der Waals surface area contributed by atoms with Crippen LogP contribution in [0.1, 0.15) is 22.8 Å². The number of methoxy groups -OCH3 is 1. The van der Waals surface area contributed by atoms with Gasteiger partial charge in [-0.25, -0.2) is 0 Å². The van der Waals surface area contributed by atoms with E-state index in [9.17, 15) is 9.59 Å². The molecular formula is C21H21NO4. The predicted octanol–water partition coefficient (Wildman–Crippen LogP) is 3.53. The smallest absolute Gasteiger partial charge is 0.255 e. The van der Waals surface area contributed by atoms with Crippen LogP contribution in [-0.2, 0) is 4.74 Å². The van der Waals surface area contributed by atoms with Crippen molar-refractivity contribution in [3.05, 3.63) is 69.9 Å². The molecule has 3 rings (SSSR count). The molecule has 0 aliphatic heterocycles. The number of nitrogens with one attached hydrogen (secondary N) is 1. The van der Waals surface area contributed by atoms with Gasteiger partial charge >= 0.3 is 0 Å². The number of para-hydroxylation sites is 1. The summed E-state index contributed by atoms with van der Waals surface area (Å²) >= 11 is 0. The second-order valence-corrected chi connectivity index (χ2v) is 6.26. The minimum atomic E-state index is -0.300. The average molecular weight is 351 g/mol. The summed E-state index contributed by atoms with van der Waals surface area (Å²) in [6.07, 6.45) is 0. The van der Waals surface area contributed by atoms with Gasteiger partial charge in [0.15, 0.2) is 11.0 Å². The summed E-state index contributed by atoms with van der Waals surface area (Å²) in [7, 11) is 1.58. The Balaban J connectivity index is 2.16. The molecule has 5 heteroatoms. The van der Waals surface area contributed by atoms with Crippen LogP contribution >= 0.6 is 0 Å². The number of benzene rings is 2. The van der Waals surface area contributed by atoms with Crippen LogP contribution in [0.5, 0.6) is 0 Å². The lowest BCUT2D eigenvalue weighted by Crippen LogP contribution is -2.35. The van der Waals surface area contributed by atoms with Crippen molar-refractivity contribution in [1.82, 2.24) is 5.32 Å². The molecule has 1 atom stereocenters. The lowest BCUT2D eigenvalue weighted by atomic mass is 10.0. The van der Waals surface area contributed by atoms with Crippen LogP contribution in [0.4, 0.5) is 0 Å². The van der Waals surface area contributed by atoms with Crippen molar-refractivity contribution in [1.29, 1.82) is 0 Å². The second kappa shape index (κ2) is 7.54. The molecule has 2 aromatic carbocycles. The van der Waals surface area contributed by atoms with Crippen LogP contribution in [0.2, 0.25) is 0 Å². The fourth-order valence-corrected chi connectivity index (χ4v) is 2.95. The van der Waals surface area contributed by atoms with E-state index in [1.165, 1.54) is 0 Å². The highest BCUT2D eigenvalue weighted by Gasteiger charge is 2.19. The summed E-state index contributed by atoms with van der Waals surface area (Å²) in [6, 6.07) is 14.3. The Morgan fingerprint density at radius 1 is 1.15 bits per heavy atom. The number of hydrogen-bond donors (Lipinski definition) is 1. The molecule has 1 N–H and O–H groups in total. The van der Waals surface area contributed by atoms with Crippen molar-refractivity contribution in [2.24, 2.45) is 0 Å². The highest BCUT2D eigenvalue weighted by molar-refractivity contribution is 6.05. The Morgan fingerprint density at radius 3 is 2.58 bits per heavy atom. The molecule has 0 radical (unpaired) electrons. The van der Waals surface area contributed by atoms with Crippen LogP contribution in [0.15, 0.2) is 57.7 Å². The fraction of sp³-hybridized carbons (Fsp3) is 0.238. The van der Waals surface area contributed by atoms with Gasteiger partial charge < -0.3 is 14.5 Å². The van der Waals surface area contributed by atoms with Crippen molar-refractivity contribution < 1.29 is 13.9 Å². The third kappa shape index (κ3) is 3.39. The van der Waals surface area contributed by atoms with Gasteiger partial charge in [0.05, 0.1) is 17.6 Å². The monoisotopic (exact) mass is 351 g/mol. The predicted molar refractivity (Wildman–Crippen MR) is 101 cm³/mol. The lowest BCUT2D eigenvalue weighted by Gasteiger charge is -2.14. The number of hydrogen-bond acceptors (Lipinski definition) is 4. The number of amides is 1. The first kappa shape index (κ1) is 17.9. The molecule has 0 fully saturated rings. The van der Waals surface area contributed by atoms with Crippen molar-refractivity contribution in [2.75, 3.05) is 13.7 Å². The van der Waals surface area contributed by atoms with Crippen LogP contribution in [0.25, 0.3) is 22.3 Å². The minimum absolute atomic E-state index is 0.135. The Morgan fingerprint density at radius 2 is 1.88 bits per heavy atom. The maximum absolute atomic E-state index is 12.8. The third-order valence-electron chi connectivity index (χ3n) is 4.22. The number of carbonyl (C=O) groups is 1. The molecule has 134 valence electrons. The molecule has 0 unspecified atom stereocenters. The molecule has 0 saturated heterocycles. The maximum Gasteiger partial charge on any atom is 0.255 e. The van der Waals surface area contributed by atoms with Crippen LogP contribution in [0, 0.1) is 6.92 Å². The van der Waals surface area contributed by atoms with Crippen molar-refractivity contribution >= 4 is 16.9 Å². The third-order valence-corrected chi connectivity index (χ3v) is 4.22. The van der Waals surface area contributed by atoms with Gasteiger partial charge in [0.1, 0.15) is 5.76 Å². The molecule has 26 heavy (non-hydrogen) atoms. The zero-order chi connectivity index (χ0) is 18.7. The molecule has 1 amide bonds. The van der Waals surface area contributed by atoms with Gasteiger partial charge in [-0.2, -0.15) is 0 Å². The summed E-state index contributed by atoms with van der Waals surface area (Å²) in [6.45, 7) is 3.98. The Bertz CT molecular complexity index is 992. The largest absolute Gasteiger partial charge is 0.455 e. The Hall–Kier alpha value is -2.92. The van der Waals surface area contributed by atoms with Crippen molar-refractivity contribution in [3.63, 3.8) is 0 Å². The van der Waals surface area contributed by atoms with E-state index in [4.69, 9.17) is 9.15 Å². The topological polar surface area (TPSA) is 68.5 Å². The van der Waals surface area contributed by atoms with Crippen LogP contribution < -0.4 is 10.7 Å². The zero-order valence-corrected chi connectivity index (χ0v) is 15.0. The van der Waals surface area contributed by atoms with Crippen LogP contribution in [-0.4, -0.2) is 25.7 Å². The molecule has 5 nitrogen and oxygen atoms in total. The molecule has 3 aromatic rings. The molecule has 1 heterocycles. The zero-order valence-electron chi connectivity index (χ0n) is 15.0. The van der Waals surface area contributed by atoms with Gasteiger partial charge in [0.2, 0.25) is 0 Å². The number of ether oxygens (including phenoxy) is 1. The van der Waals surface area contributed by atoms with Gasteiger partial charge in [-0.05, 0) is 26.0 Å². The Labute approximate surface area is 151 Å². The standard InChI is InChI=1S/C21H21NO4/c1-13(12-25-3)22-21(24)17-11-7-10-16-18(23)14(2)19(26-20(16)17)15-8-5-4-6-9-15/h4-11,13H,12H2,1-3H3,(H,22,24)/t13-/m0/s1. The summed E-state index contributed by atoms with van der Waals surface area (Å²) < 4.78 is 11.1. The molecule has 0 saturated carbocycles. The lowest BCUT2D eigenvalue weighted by molar-refractivity contribution is 0.0906. The molecule has 0 aliphatic carbocycles. The van der Waals surface area contributed by atoms with Gasteiger partial charge in [-0.15, -0.1) is 0 Å². The molecule has 0 bridgehead atoms.